The molecule has 0 aliphatic heterocycles. The minimum absolute atomic E-state index is 0.372. The number of ether oxygens (including phenoxy) is 3. The average molecular weight is 713 g/mol. The first-order valence-corrected chi connectivity index (χ1v) is 22.5. The number of aliphatic hydroxyl groups is 1. The maximum absolute atomic E-state index is 10.1. The van der Waals surface area contributed by atoms with Gasteiger partial charge in [-0.3, -0.25) is 0 Å². The van der Waals surface area contributed by atoms with Gasteiger partial charge >= 0.3 is 0 Å². The normalized spacial score (nSPS) is 31.8. The van der Waals surface area contributed by atoms with Crippen LogP contribution in [0.3, 0.4) is 0 Å². The van der Waals surface area contributed by atoms with Crippen molar-refractivity contribution in [1.29, 1.82) is 0 Å². The van der Waals surface area contributed by atoms with Gasteiger partial charge in [-0.2, -0.15) is 0 Å². The molecule has 3 fully saturated rings. The average Bonchev–Trinajstić information content (AvgIpc) is 3.47. The minimum Gasteiger partial charge on any atom is -0.388 e. The van der Waals surface area contributed by atoms with Gasteiger partial charge in [0.15, 0.2) is 0 Å². The Kier molecular flexibility index (Phi) is 19.1. The molecule has 0 spiro atoms. The molecule has 0 heterocycles. The van der Waals surface area contributed by atoms with Crippen LogP contribution in [-0.2, 0) is 14.2 Å². The van der Waals surface area contributed by atoms with Crippen molar-refractivity contribution in [3.8, 4) is 0 Å². The zero-order valence-corrected chi connectivity index (χ0v) is 34.6. The van der Waals surface area contributed by atoms with Crippen LogP contribution in [0.15, 0.2) is 23.8 Å². The molecule has 4 rings (SSSR count). The molecule has 296 valence electrons. The van der Waals surface area contributed by atoms with E-state index in [9.17, 15) is 5.11 Å². The molecule has 51 heavy (non-hydrogen) atoms. The number of unbranched alkanes of at least 4 members (excludes halogenated alkanes) is 8. The Morgan fingerprint density at radius 3 is 2.22 bits per heavy atom. The first kappa shape index (κ1) is 43.1. The molecule has 4 nitrogen and oxygen atoms in total. The van der Waals surface area contributed by atoms with Crippen LogP contribution in [0, 0.1) is 46.3 Å². The fourth-order valence-corrected chi connectivity index (χ4v) is 11.4. The molecule has 4 aliphatic rings. The van der Waals surface area contributed by atoms with Crippen LogP contribution in [0.2, 0.25) is 0 Å². The molecule has 2 unspecified atom stereocenters. The summed E-state index contributed by atoms with van der Waals surface area (Å²) in [7, 11) is 0. The Balaban J connectivity index is 1.02. The lowest BCUT2D eigenvalue weighted by Crippen LogP contribution is -2.51. The molecule has 1 N–H and O–H groups in total. The van der Waals surface area contributed by atoms with Crippen molar-refractivity contribution in [3.63, 3.8) is 0 Å². The van der Waals surface area contributed by atoms with Crippen LogP contribution in [-0.4, -0.2) is 50.3 Å². The quantitative estimate of drug-likeness (QED) is 0.0716. The van der Waals surface area contributed by atoms with Gasteiger partial charge in [-0.05, 0) is 136 Å². The Morgan fingerprint density at radius 2 is 1.47 bits per heavy atom. The van der Waals surface area contributed by atoms with Crippen molar-refractivity contribution in [2.75, 3.05) is 33.0 Å². The second kappa shape index (κ2) is 22.6. The van der Waals surface area contributed by atoms with Crippen LogP contribution in [0.5, 0.6) is 0 Å². The summed E-state index contributed by atoms with van der Waals surface area (Å²) in [5.41, 5.74) is 2.76. The first-order chi connectivity index (χ1) is 24.7. The van der Waals surface area contributed by atoms with Crippen LogP contribution in [0.25, 0.3) is 0 Å². The van der Waals surface area contributed by atoms with E-state index in [2.05, 4.69) is 59.8 Å². The molecule has 4 heteroatoms. The van der Waals surface area contributed by atoms with E-state index < -0.39 is 6.10 Å². The van der Waals surface area contributed by atoms with E-state index in [1.807, 2.05) is 0 Å². The predicted octanol–water partition coefficient (Wildman–Crippen LogP) is 12.7. The summed E-state index contributed by atoms with van der Waals surface area (Å²) < 4.78 is 17.9. The van der Waals surface area contributed by atoms with Gasteiger partial charge in [0.05, 0.1) is 19.3 Å². The number of fused-ring (bicyclic) bond motifs is 5. The summed E-state index contributed by atoms with van der Waals surface area (Å²) in [4.78, 5) is 0. The molecule has 0 aromatic heterocycles. The highest BCUT2D eigenvalue weighted by atomic mass is 16.5. The maximum atomic E-state index is 10.1. The third-order valence-corrected chi connectivity index (χ3v) is 14.5. The molecular formula is C47H84O4. The van der Waals surface area contributed by atoms with Crippen molar-refractivity contribution in [2.45, 2.75) is 195 Å². The van der Waals surface area contributed by atoms with Crippen LogP contribution < -0.4 is 0 Å². The molecule has 3 saturated carbocycles. The van der Waals surface area contributed by atoms with E-state index >= 15 is 0 Å². The molecular weight excluding hydrogens is 629 g/mol. The van der Waals surface area contributed by atoms with Crippen LogP contribution in [0.4, 0.5) is 0 Å². The van der Waals surface area contributed by atoms with Crippen molar-refractivity contribution in [1.82, 2.24) is 0 Å². The Bertz CT molecular complexity index is 1000. The molecule has 9 atom stereocenters. The molecule has 0 radical (unpaired) electrons. The molecule has 0 saturated heterocycles. The fraction of sp³-hybridized carbons (Fsp3) is 0.915. The maximum Gasteiger partial charge on any atom is 0.101 e. The zero-order chi connectivity index (χ0) is 36.5. The van der Waals surface area contributed by atoms with Crippen molar-refractivity contribution >= 4 is 0 Å². The number of allylic oxidation sites excluding steroid dienone is 3. The predicted molar refractivity (Wildman–Crippen MR) is 216 cm³/mol. The van der Waals surface area contributed by atoms with Crippen LogP contribution >= 0.6 is 0 Å². The molecule has 0 aromatic carbocycles. The molecule has 0 aromatic rings. The minimum atomic E-state index is -0.522. The Morgan fingerprint density at radius 1 is 0.765 bits per heavy atom. The highest BCUT2D eigenvalue weighted by Gasteiger charge is 2.59. The van der Waals surface area contributed by atoms with E-state index in [1.165, 1.54) is 122 Å². The van der Waals surface area contributed by atoms with Gasteiger partial charge in [0.1, 0.15) is 6.10 Å². The van der Waals surface area contributed by atoms with Crippen molar-refractivity contribution in [2.24, 2.45) is 46.3 Å². The SMILES string of the molecule is CCCCCC=CCCCOC[C@H](O)COCCCCCCCO[C@H]1CC[C@@]2(C)C(=CC[C@@H]3C2CC[C@@]2(C)C3CC[C@@H]2[C@H](C)CCCC(C)C)C1. The van der Waals surface area contributed by atoms with Gasteiger partial charge in [0.25, 0.3) is 0 Å². The monoisotopic (exact) mass is 713 g/mol. The zero-order valence-electron chi connectivity index (χ0n) is 34.6. The fourth-order valence-electron chi connectivity index (χ4n) is 11.4. The van der Waals surface area contributed by atoms with Gasteiger partial charge in [-0.15, -0.1) is 0 Å². The summed E-state index contributed by atoms with van der Waals surface area (Å²) in [6.07, 6.45) is 35.5. The molecule has 0 bridgehead atoms. The lowest BCUT2D eigenvalue weighted by atomic mass is 9.47. The summed E-state index contributed by atoms with van der Waals surface area (Å²) in [6.45, 7) is 18.1. The lowest BCUT2D eigenvalue weighted by molar-refractivity contribution is -0.0641. The van der Waals surface area contributed by atoms with Crippen LogP contribution in [0.1, 0.15) is 183 Å². The molecule has 4 aliphatic carbocycles. The van der Waals surface area contributed by atoms with Gasteiger partial charge < -0.3 is 19.3 Å². The standard InChI is InChI=1S/C47H84O4/c1-7-8-9-10-11-12-14-17-31-49-35-40(48)36-50-32-18-15-13-16-19-33-51-41-27-29-46(5)39(34-41)23-24-42-44-26-25-43(38(4)22-20-21-37(2)3)47(44,6)30-28-45(42)46/h11-12,23,37-38,40-45,48H,7-10,13-22,24-36H2,1-6H3/t38-,40+,41+,42+,43-,44?,45?,46+,47-/m1/s1. The van der Waals surface area contributed by atoms with Crippen molar-refractivity contribution < 1.29 is 19.3 Å². The van der Waals surface area contributed by atoms with Gasteiger partial charge in [-0.25, -0.2) is 0 Å². The Labute approximate surface area is 316 Å². The summed E-state index contributed by atoms with van der Waals surface area (Å²) >= 11 is 0. The third kappa shape index (κ3) is 13.0. The highest BCUT2D eigenvalue weighted by molar-refractivity contribution is 5.25. The van der Waals surface area contributed by atoms with Gasteiger partial charge in [-0.1, -0.05) is 117 Å². The lowest BCUT2D eigenvalue weighted by Gasteiger charge is -2.58. The number of hydrogen-bond donors (Lipinski definition) is 1. The Hall–Kier alpha value is -0.680. The van der Waals surface area contributed by atoms with E-state index in [4.69, 9.17) is 14.2 Å². The third-order valence-electron chi connectivity index (χ3n) is 14.5. The summed E-state index contributed by atoms with van der Waals surface area (Å²) in [5, 5.41) is 10.1. The largest absolute Gasteiger partial charge is 0.388 e. The first-order valence-electron chi connectivity index (χ1n) is 22.5. The highest BCUT2D eigenvalue weighted by Crippen LogP contribution is 2.67. The summed E-state index contributed by atoms with van der Waals surface area (Å²) in [5.74, 6) is 5.45. The number of rotatable bonds is 26. The van der Waals surface area contributed by atoms with Gasteiger partial charge in [0.2, 0.25) is 0 Å². The second-order valence-corrected chi connectivity index (χ2v) is 18.7. The van der Waals surface area contributed by atoms with Crippen molar-refractivity contribution in [3.05, 3.63) is 23.8 Å². The second-order valence-electron chi connectivity index (χ2n) is 18.7. The topological polar surface area (TPSA) is 47.9 Å². The van der Waals surface area contributed by atoms with E-state index in [0.717, 1.165) is 68.0 Å². The smallest absolute Gasteiger partial charge is 0.101 e. The van der Waals surface area contributed by atoms with E-state index in [1.54, 1.807) is 5.57 Å². The number of hydrogen-bond acceptors (Lipinski definition) is 4. The summed E-state index contributed by atoms with van der Waals surface area (Å²) in [6, 6.07) is 0. The van der Waals surface area contributed by atoms with E-state index in [0.29, 0.717) is 36.8 Å². The van der Waals surface area contributed by atoms with Gasteiger partial charge in [0, 0.05) is 19.8 Å². The molecule has 0 amide bonds. The van der Waals surface area contributed by atoms with E-state index in [-0.39, 0.29) is 0 Å². The number of aliphatic hydroxyl groups excluding tert-OH is 1.